The van der Waals surface area contributed by atoms with E-state index in [-0.39, 0.29) is 6.03 Å². The Labute approximate surface area is 104 Å². The van der Waals surface area contributed by atoms with Gasteiger partial charge in [-0.05, 0) is 19.9 Å². The van der Waals surface area contributed by atoms with Gasteiger partial charge in [-0.25, -0.2) is 4.79 Å². The lowest BCUT2D eigenvalue weighted by atomic mass is 10.2. The molecule has 17 heavy (non-hydrogen) atoms. The van der Waals surface area contributed by atoms with Gasteiger partial charge >= 0.3 is 6.03 Å². The third-order valence-electron chi connectivity index (χ3n) is 3.15. The van der Waals surface area contributed by atoms with Gasteiger partial charge in [-0.15, -0.1) is 0 Å². The van der Waals surface area contributed by atoms with Crippen LogP contribution in [-0.2, 0) is 4.74 Å². The molecule has 0 radical (unpaired) electrons. The molecule has 1 saturated carbocycles. The summed E-state index contributed by atoms with van der Waals surface area (Å²) in [5.41, 5.74) is 0. The lowest BCUT2D eigenvalue weighted by molar-refractivity contribution is 0.161. The highest BCUT2D eigenvalue weighted by atomic mass is 16.5. The Morgan fingerprint density at radius 3 is 2.71 bits per heavy atom. The Hall–Kier alpha value is -0.810. The van der Waals surface area contributed by atoms with Crippen LogP contribution in [0.1, 0.15) is 25.7 Å². The maximum atomic E-state index is 11.5. The van der Waals surface area contributed by atoms with Crippen molar-refractivity contribution in [1.29, 1.82) is 0 Å². The fraction of sp³-hybridized carbons (Fsp3) is 0.917. The van der Waals surface area contributed by atoms with Crippen LogP contribution >= 0.6 is 0 Å². The second kappa shape index (κ2) is 8.31. The minimum atomic E-state index is -0.0305. The Morgan fingerprint density at radius 2 is 2.06 bits per heavy atom. The first kappa shape index (κ1) is 14.3. The topological polar surface area (TPSA) is 53.6 Å². The van der Waals surface area contributed by atoms with E-state index in [2.05, 4.69) is 15.5 Å². The van der Waals surface area contributed by atoms with E-state index in [1.807, 2.05) is 7.05 Å². The molecule has 0 saturated heterocycles. The van der Waals surface area contributed by atoms with Crippen LogP contribution in [0.2, 0.25) is 0 Å². The highest BCUT2D eigenvalue weighted by Crippen LogP contribution is 2.17. The van der Waals surface area contributed by atoms with Crippen molar-refractivity contribution < 1.29 is 9.53 Å². The van der Waals surface area contributed by atoms with E-state index >= 15 is 0 Å². The van der Waals surface area contributed by atoms with E-state index in [9.17, 15) is 4.79 Å². The summed E-state index contributed by atoms with van der Waals surface area (Å²) in [6.07, 6.45) is 4.73. The fourth-order valence-electron chi connectivity index (χ4n) is 2.03. The Morgan fingerprint density at radius 1 is 1.35 bits per heavy atom. The molecule has 1 rings (SSSR count). The van der Waals surface area contributed by atoms with Gasteiger partial charge in [0.05, 0.1) is 6.61 Å². The standard InChI is InChI=1S/C12H25N3O2/c1-15(9-10-17-2)8-7-13-12(16)14-11-5-3-4-6-11/h11H,3-10H2,1-2H3,(H2,13,14,16). The minimum absolute atomic E-state index is 0.0305. The molecular weight excluding hydrogens is 218 g/mol. The number of nitrogens with one attached hydrogen (secondary N) is 2. The smallest absolute Gasteiger partial charge is 0.315 e. The number of hydrogen-bond donors (Lipinski definition) is 2. The van der Waals surface area contributed by atoms with Crippen molar-refractivity contribution in [3.8, 4) is 0 Å². The number of ether oxygens (including phenoxy) is 1. The molecular formula is C12H25N3O2. The normalized spacial score (nSPS) is 16.4. The maximum Gasteiger partial charge on any atom is 0.315 e. The van der Waals surface area contributed by atoms with Crippen molar-refractivity contribution in [2.24, 2.45) is 0 Å². The number of likely N-dealkylation sites (N-methyl/N-ethyl adjacent to an activating group) is 1. The molecule has 100 valence electrons. The monoisotopic (exact) mass is 243 g/mol. The van der Waals surface area contributed by atoms with Crippen LogP contribution in [0.25, 0.3) is 0 Å². The molecule has 2 N–H and O–H groups in total. The molecule has 0 bridgehead atoms. The van der Waals surface area contributed by atoms with E-state index < -0.39 is 0 Å². The van der Waals surface area contributed by atoms with Gasteiger partial charge < -0.3 is 20.3 Å². The van der Waals surface area contributed by atoms with Crippen LogP contribution in [0.4, 0.5) is 4.79 Å². The minimum Gasteiger partial charge on any atom is -0.383 e. The van der Waals surface area contributed by atoms with Gasteiger partial charge in [-0.1, -0.05) is 12.8 Å². The molecule has 5 nitrogen and oxygen atoms in total. The summed E-state index contributed by atoms with van der Waals surface area (Å²) in [5, 5.41) is 5.89. The van der Waals surface area contributed by atoms with Crippen LogP contribution in [0.3, 0.4) is 0 Å². The summed E-state index contributed by atoms with van der Waals surface area (Å²) < 4.78 is 4.99. The molecule has 1 aliphatic carbocycles. The summed E-state index contributed by atoms with van der Waals surface area (Å²) in [4.78, 5) is 13.7. The Bertz CT molecular complexity index is 218. The molecule has 1 aliphatic rings. The summed E-state index contributed by atoms with van der Waals surface area (Å²) in [6, 6.07) is 0.360. The van der Waals surface area contributed by atoms with E-state index in [1.54, 1.807) is 7.11 Å². The molecule has 0 aliphatic heterocycles. The van der Waals surface area contributed by atoms with Gasteiger partial charge in [0.15, 0.2) is 0 Å². The van der Waals surface area contributed by atoms with E-state index in [4.69, 9.17) is 4.74 Å². The number of hydrogen-bond acceptors (Lipinski definition) is 3. The number of carbonyl (C=O) groups excluding carboxylic acids is 1. The molecule has 0 heterocycles. The van der Waals surface area contributed by atoms with Crippen molar-refractivity contribution in [2.75, 3.05) is 40.4 Å². The number of nitrogens with zero attached hydrogens (tertiary/aromatic N) is 1. The van der Waals surface area contributed by atoms with Crippen molar-refractivity contribution in [2.45, 2.75) is 31.7 Å². The van der Waals surface area contributed by atoms with Gasteiger partial charge in [0.2, 0.25) is 0 Å². The Kier molecular flexibility index (Phi) is 6.96. The van der Waals surface area contributed by atoms with E-state index in [0.717, 1.165) is 32.5 Å². The van der Waals surface area contributed by atoms with Crippen LogP contribution in [0.15, 0.2) is 0 Å². The van der Waals surface area contributed by atoms with Crippen molar-refractivity contribution >= 4 is 6.03 Å². The number of carbonyl (C=O) groups is 1. The lowest BCUT2D eigenvalue weighted by Gasteiger charge is -2.17. The first-order valence-corrected chi connectivity index (χ1v) is 6.44. The highest BCUT2D eigenvalue weighted by Gasteiger charge is 2.16. The van der Waals surface area contributed by atoms with Crippen LogP contribution in [0, 0.1) is 0 Å². The van der Waals surface area contributed by atoms with Gasteiger partial charge in [0.1, 0.15) is 0 Å². The third kappa shape index (κ3) is 6.48. The highest BCUT2D eigenvalue weighted by molar-refractivity contribution is 5.74. The largest absolute Gasteiger partial charge is 0.383 e. The van der Waals surface area contributed by atoms with Crippen LogP contribution in [0.5, 0.6) is 0 Å². The van der Waals surface area contributed by atoms with E-state index in [0.29, 0.717) is 12.6 Å². The molecule has 0 spiro atoms. The molecule has 0 aromatic heterocycles. The summed E-state index contributed by atoms with van der Waals surface area (Å²) in [5.74, 6) is 0. The van der Waals surface area contributed by atoms with Crippen molar-refractivity contribution in [1.82, 2.24) is 15.5 Å². The predicted octanol–water partition coefficient (Wildman–Crippen LogP) is 0.806. The molecule has 0 atom stereocenters. The number of urea groups is 1. The number of methoxy groups -OCH3 is 1. The summed E-state index contributed by atoms with van der Waals surface area (Å²) in [6.45, 7) is 3.15. The first-order chi connectivity index (χ1) is 8.22. The molecule has 0 aromatic rings. The lowest BCUT2D eigenvalue weighted by Crippen LogP contribution is -2.43. The summed E-state index contributed by atoms with van der Waals surface area (Å²) >= 11 is 0. The molecule has 0 aromatic carbocycles. The predicted molar refractivity (Wildman–Crippen MR) is 68.2 cm³/mol. The van der Waals surface area contributed by atoms with Crippen molar-refractivity contribution in [3.63, 3.8) is 0 Å². The average molecular weight is 243 g/mol. The van der Waals surface area contributed by atoms with Gasteiger partial charge in [-0.2, -0.15) is 0 Å². The zero-order valence-corrected chi connectivity index (χ0v) is 11.0. The quantitative estimate of drug-likeness (QED) is 0.695. The van der Waals surface area contributed by atoms with Gasteiger partial charge in [0, 0.05) is 32.8 Å². The molecule has 2 amide bonds. The summed E-state index contributed by atoms with van der Waals surface area (Å²) in [7, 11) is 3.72. The van der Waals surface area contributed by atoms with Crippen molar-refractivity contribution in [3.05, 3.63) is 0 Å². The van der Waals surface area contributed by atoms with Crippen LogP contribution in [-0.4, -0.2) is 57.4 Å². The first-order valence-electron chi connectivity index (χ1n) is 6.44. The zero-order chi connectivity index (χ0) is 12.5. The van der Waals surface area contributed by atoms with Gasteiger partial charge in [-0.3, -0.25) is 0 Å². The maximum absolute atomic E-state index is 11.5. The molecule has 1 fully saturated rings. The number of rotatable bonds is 7. The average Bonchev–Trinajstić information content (AvgIpc) is 2.79. The SMILES string of the molecule is COCCN(C)CCNC(=O)NC1CCCC1. The second-order valence-corrected chi connectivity index (χ2v) is 4.68. The van der Waals surface area contributed by atoms with Gasteiger partial charge in [0.25, 0.3) is 0 Å². The van der Waals surface area contributed by atoms with Crippen LogP contribution < -0.4 is 10.6 Å². The number of amides is 2. The molecule has 0 unspecified atom stereocenters. The molecule has 5 heteroatoms. The third-order valence-corrected chi connectivity index (χ3v) is 3.15. The van der Waals surface area contributed by atoms with E-state index in [1.165, 1.54) is 12.8 Å². The Balaban J connectivity index is 1.99. The fourth-order valence-corrected chi connectivity index (χ4v) is 2.03. The second-order valence-electron chi connectivity index (χ2n) is 4.68. The zero-order valence-electron chi connectivity index (χ0n) is 11.0.